The van der Waals surface area contributed by atoms with Crippen LogP contribution in [0.2, 0.25) is 0 Å². The standard InChI is InChI=1S/C4H5F2N3/c5-3-1-8-4(7)2-9(3)6/h1H,2H2,(H2,7,8). The maximum absolute atomic E-state index is 12.1. The predicted molar refractivity (Wildman–Crippen MR) is 28.6 cm³/mol. The van der Waals surface area contributed by atoms with Gasteiger partial charge < -0.3 is 5.73 Å². The summed E-state index contributed by atoms with van der Waals surface area (Å²) in [6, 6.07) is 0. The SMILES string of the molecule is NC1=NC=C(F)N(F)C1. The Labute approximate surface area is 50.4 Å². The van der Waals surface area contributed by atoms with E-state index < -0.39 is 5.95 Å². The first-order valence-corrected chi connectivity index (χ1v) is 2.31. The van der Waals surface area contributed by atoms with Crippen LogP contribution in [0.4, 0.5) is 8.87 Å². The highest BCUT2D eigenvalue weighted by Crippen LogP contribution is 2.09. The van der Waals surface area contributed by atoms with Crippen LogP contribution < -0.4 is 5.73 Å². The van der Waals surface area contributed by atoms with E-state index in [1.165, 1.54) is 0 Å². The summed E-state index contributed by atoms with van der Waals surface area (Å²) < 4.78 is 24.1. The average molecular weight is 133 g/mol. The number of hydrogen-bond donors (Lipinski definition) is 1. The van der Waals surface area contributed by atoms with Crippen LogP contribution in [0.5, 0.6) is 0 Å². The van der Waals surface area contributed by atoms with E-state index in [-0.39, 0.29) is 17.5 Å². The van der Waals surface area contributed by atoms with Crippen molar-refractivity contribution >= 4 is 5.84 Å². The van der Waals surface area contributed by atoms with Crippen LogP contribution in [0.15, 0.2) is 17.1 Å². The van der Waals surface area contributed by atoms with Crippen LogP contribution in [-0.4, -0.2) is 17.5 Å². The molecule has 5 heteroatoms. The molecule has 2 N–H and O–H groups in total. The first-order valence-electron chi connectivity index (χ1n) is 2.31. The van der Waals surface area contributed by atoms with Gasteiger partial charge in [0, 0.05) is 0 Å². The second-order valence-corrected chi connectivity index (χ2v) is 1.59. The third-order valence-corrected chi connectivity index (χ3v) is 0.870. The van der Waals surface area contributed by atoms with E-state index in [9.17, 15) is 8.87 Å². The van der Waals surface area contributed by atoms with E-state index in [1.54, 1.807) is 0 Å². The molecule has 0 saturated carbocycles. The molecule has 0 saturated heterocycles. The fourth-order valence-electron chi connectivity index (χ4n) is 0.457. The van der Waals surface area contributed by atoms with E-state index in [0.717, 1.165) is 6.20 Å². The summed E-state index contributed by atoms with van der Waals surface area (Å²) in [5, 5.41) is -0.109. The topological polar surface area (TPSA) is 41.6 Å². The van der Waals surface area contributed by atoms with Gasteiger partial charge in [-0.15, -0.1) is 0 Å². The fraction of sp³-hybridized carbons (Fsp3) is 0.250. The zero-order valence-electron chi connectivity index (χ0n) is 4.51. The van der Waals surface area contributed by atoms with E-state index >= 15 is 0 Å². The Kier molecular flexibility index (Phi) is 1.33. The van der Waals surface area contributed by atoms with Crippen LogP contribution in [0.1, 0.15) is 0 Å². The minimum Gasteiger partial charge on any atom is -0.386 e. The summed E-state index contributed by atoms with van der Waals surface area (Å²) in [6.45, 7) is -0.289. The van der Waals surface area contributed by atoms with E-state index in [1.807, 2.05) is 0 Å². The zero-order valence-corrected chi connectivity index (χ0v) is 4.51. The molecule has 50 valence electrons. The zero-order chi connectivity index (χ0) is 6.85. The van der Waals surface area contributed by atoms with E-state index in [0.29, 0.717) is 0 Å². The molecular formula is C4H5F2N3. The maximum atomic E-state index is 12.1. The lowest BCUT2D eigenvalue weighted by atomic mass is 10.5. The van der Waals surface area contributed by atoms with Crippen molar-refractivity contribution in [3.05, 3.63) is 12.2 Å². The first-order chi connectivity index (χ1) is 4.20. The lowest BCUT2D eigenvalue weighted by Gasteiger charge is -2.12. The van der Waals surface area contributed by atoms with Gasteiger partial charge in [0.1, 0.15) is 12.4 Å². The highest BCUT2D eigenvalue weighted by molar-refractivity contribution is 5.83. The molecule has 1 rings (SSSR count). The predicted octanol–water partition coefficient (Wildman–Crippen LogP) is 0.312. The molecule has 0 unspecified atom stereocenters. The molecule has 0 amide bonds. The van der Waals surface area contributed by atoms with Gasteiger partial charge in [-0.3, -0.25) is 0 Å². The van der Waals surface area contributed by atoms with Crippen molar-refractivity contribution in [1.82, 2.24) is 5.12 Å². The summed E-state index contributed by atoms with van der Waals surface area (Å²) in [7, 11) is 0. The average Bonchev–Trinajstić information content (AvgIpc) is 1.80. The van der Waals surface area contributed by atoms with Gasteiger partial charge in [-0.2, -0.15) is 9.51 Å². The molecule has 0 fully saturated rings. The number of nitrogens with two attached hydrogens (primary N) is 1. The first kappa shape index (κ1) is 6.00. The second-order valence-electron chi connectivity index (χ2n) is 1.59. The van der Waals surface area contributed by atoms with Crippen molar-refractivity contribution < 1.29 is 8.87 Å². The van der Waals surface area contributed by atoms with Crippen molar-refractivity contribution in [1.29, 1.82) is 0 Å². The molecule has 0 bridgehead atoms. The van der Waals surface area contributed by atoms with Gasteiger partial charge >= 0.3 is 0 Å². The normalized spacial score (nSPS) is 19.1. The van der Waals surface area contributed by atoms with Crippen molar-refractivity contribution in [3.63, 3.8) is 0 Å². The Balaban J connectivity index is 2.74. The molecule has 0 spiro atoms. The molecule has 1 aliphatic heterocycles. The van der Waals surface area contributed by atoms with Gasteiger partial charge in [0.25, 0.3) is 0 Å². The minimum atomic E-state index is -1.01. The maximum Gasteiger partial charge on any atom is 0.236 e. The van der Waals surface area contributed by atoms with Crippen LogP contribution in [-0.2, 0) is 0 Å². The second kappa shape index (κ2) is 2.00. The molecule has 0 aromatic heterocycles. The summed E-state index contributed by atoms with van der Waals surface area (Å²) in [6.07, 6.45) is 0.735. The molecule has 9 heavy (non-hydrogen) atoms. The number of rotatable bonds is 0. The Morgan fingerprint density at radius 3 is 2.89 bits per heavy atom. The number of amidine groups is 1. The Morgan fingerprint density at radius 2 is 2.44 bits per heavy atom. The molecule has 0 radical (unpaired) electrons. The molecule has 1 aliphatic rings. The lowest BCUT2D eigenvalue weighted by molar-refractivity contribution is 0.0540. The molecule has 0 aliphatic carbocycles. The van der Waals surface area contributed by atoms with Crippen LogP contribution >= 0.6 is 0 Å². The highest BCUT2D eigenvalue weighted by atomic mass is 19.2. The van der Waals surface area contributed by atoms with Crippen LogP contribution in [0.3, 0.4) is 0 Å². The molecule has 3 nitrogen and oxygen atoms in total. The molecule has 0 aromatic carbocycles. The smallest absolute Gasteiger partial charge is 0.236 e. The lowest BCUT2D eigenvalue weighted by Crippen LogP contribution is -2.29. The third kappa shape index (κ3) is 1.16. The number of halogens is 2. The van der Waals surface area contributed by atoms with E-state index in [4.69, 9.17) is 5.73 Å². The quantitative estimate of drug-likeness (QED) is 0.381. The number of aliphatic imine (C=N–C) groups is 1. The third-order valence-electron chi connectivity index (χ3n) is 0.870. The van der Waals surface area contributed by atoms with Crippen molar-refractivity contribution in [2.75, 3.05) is 6.54 Å². The molecule has 0 atom stereocenters. The Bertz CT molecular complexity index is 175. The van der Waals surface area contributed by atoms with Gasteiger partial charge in [-0.25, -0.2) is 4.99 Å². The van der Waals surface area contributed by atoms with Crippen molar-refractivity contribution in [3.8, 4) is 0 Å². The summed E-state index contributed by atoms with van der Waals surface area (Å²) in [4.78, 5) is 3.34. The van der Waals surface area contributed by atoms with Gasteiger partial charge in [0.2, 0.25) is 5.95 Å². The summed E-state index contributed by atoms with van der Waals surface area (Å²) in [5.41, 5.74) is 5.04. The minimum absolute atomic E-state index is 0.0684. The van der Waals surface area contributed by atoms with Crippen molar-refractivity contribution in [2.24, 2.45) is 10.7 Å². The van der Waals surface area contributed by atoms with Crippen LogP contribution in [0.25, 0.3) is 0 Å². The Hall–Kier alpha value is -1.13. The molecular weight excluding hydrogens is 128 g/mol. The summed E-state index contributed by atoms with van der Waals surface area (Å²) in [5.74, 6) is -0.942. The fourth-order valence-corrected chi connectivity index (χ4v) is 0.457. The highest BCUT2D eigenvalue weighted by Gasteiger charge is 2.12. The van der Waals surface area contributed by atoms with Crippen LogP contribution in [0, 0.1) is 0 Å². The number of hydrogen-bond acceptors (Lipinski definition) is 3. The van der Waals surface area contributed by atoms with E-state index in [2.05, 4.69) is 4.99 Å². The van der Waals surface area contributed by atoms with Gasteiger partial charge in [0.15, 0.2) is 0 Å². The van der Waals surface area contributed by atoms with Gasteiger partial charge in [0.05, 0.1) is 6.20 Å². The summed E-state index contributed by atoms with van der Waals surface area (Å²) >= 11 is 0. The molecule has 0 aromatic rings. The largest absolute Gasteiger partial charge is 0.386 e. The monoisotopic (exact) mass is 133 g/mol. The van der Waals surface area contributed by atoms with Gasteiger partial charge in [-0.1, -0.05) is 4.48 Å². The Morgan fingerprint density at radius 1 is 1.78 bits per heavy atom. The van der Waals surface area contributed by atoms with Gasteiger partial charge in [-0.05, 0) is 0 Å². The molecule has 1 heterocycles. The van der Waals surface area contributed by atoms with Crippen molar-refractivity contribution in [2.45, 2.75) is 0 Å². The number of nitrogens with zero attached hydrogens (tertiary/aromatic N) is 2.